The highest BCUT2D eigenvalue weighted by Crippen LogP contribution is 2.11. The zero-order valence-corrected chi connectivity index (χ0v) is 12.2. The Kier molecular flexibility index (Phi) is 7.16. The molecule has 0 spiro atoms. The third kappa shape index (κ3) is 5.24. The molecule has 24 heavy (non-hydrogen) atoms. The number of anilines is 1. The molecule has 2 aromatic carbocycles. The highest BCUT2D eigenvalue weighted by molar-refractivity contribution is 5.96. The van der Waals surface area contributed by atoms with E-state index in [9.17, 15) is 19.5 Å². The quantitative estimate of drug-likeness (QED) is 0.680. The number of amides is 2. The molecule has 0 fully saturated rings. The molecule has 0 bridgehead atoms. The Morgan fingerprint density at radius 3 is 2.21 bits per heavy atom. The second kappa shape index (κ2) is 9.09. The Morgan fingerprint density at radius 2 is 1.67 bits per heavy atom. The van der Waals surface area contributed by atoms with Gasteiger partial charge in [-0.15, -0.1) is 0 Å². The van der Waals surface area contributed by atoms with Crippen LogP contribution in [0, 0.1) is 0 Å². The van der Waals surface area contributed by atoms with Crippen molar-refractivity contribution in [1.82, 2.24) is 5.32 Å². The van der Waals surface area contributed by atoms with Crippen molar-refractivity contribution in [3.05, 3.63) is 65.7 Å². The molecule has 0 aliphatic heterocycles. The second-order valence-corrected chi connectivity index (χ2v) is 4.89. The summed E-state index contributed by atoms with van der Waals surface area (Å²) in [7, 11) is 0. The molecule has 0 heterocycles. The molecule has 0 saturated heterocycles. The molecule has 1 atom stereocenters. The molecular weight excluding hydrogens is 308 g/mol. The van der Waals surface area contributed by atoms with Gasteiger partial charge in [0.25, 0.3) is 5.91 Å². The van der Waals surface area contributed by atoms with Crippen LogP contribution in [0.3, 0.4) is 0 Å². The summed E-state index contributed by atoms with van der Waals surface area (Å²) in [6, 6.07) is 14.2. The van der Waals surface area contributed by atoms with Gasteiger partial charge in [-0.2, -0.15) is 0 Å². The first kappa shape index (κ1) is 18.9. The standard InChI is InChI=1S/C17H16N2O4.CH4/c20-11-18-14-8-6-12(7-9-14)10-15(17(22)23)19-16(21)13-4-2-1-3-5-13;/h1-9,11,15H,10H2,(H,18,20)(H,19,21)(H,22,23);1H4. The van der Waals surface area contributed by atoms with E-state index in [1.54, 1.807) is 54.6 Å². The number of carboxylic acids is 1. The van der Waals surface area contributed by atoms with Crippen LogP contribution in [0.4, 0.5) is 5.69 Å². The monoisotopic (exact) mass is 328 g/mol. The van der Waals surface area contributed by atoms with Gasteiger partial charge in [-0.05, 0) is 29.8 Å². The molecule has 6 nitrogen and oxygen atoms in total. The van der Waals surface area contributed by atoms with Crippen LogP contribution in [0.2, 0.25) is 0 Å². The first-order chi connectivity index (χ1) is 11.1. The van der Waals surface area contributed by atoms with Crippen molar-refractivity contribution in [3.8, 4) is 0 Å². The van der Waals surface area contributed by atoms with Crippen LogP contribution in [-0.2, 0) is 16.0 Å². The van der Waals surface area contributed by atoms with E-state index >= 15 is 0 Å². The molecule has 6 heteroatoms. The minimum absolute atomic E-state index is 0. The lowest BCUT2D eigenvalue weighted by Gasteiger charge is -2.15. The van der Waals surface area contributed by atoms with E-state index in [1.165, 1.54) is 0 Å². The van der Waals surface area contributed by atoms with E-state index in [1.807, 2.05) is 0 Å². The molecule has 2 aromatic rings. The number of hydrogen-bond acceptors (Lipinski definition) is 3. The SMILES string of the molecule is C.O=CNc1ccc(CC(NC(=O)c2ccccc2)C(=O)O)cc1. The van der Waals surface area contributed by atoms with Crippen molar-refractivity contribution in [2.45, 2.75) is 19.9 Å². The largest absolute Gasteiger partial charge is 0.480 e. The van der Waals surface area contributed by atoms with Crippen molar-refractivity contribution in [2.24, 2.45) is 0 Å². The molecule has 2 amide bonds. The van der Waals surface area contributed by atoms with E-state index in [-0.39, 0.29) is 13.8 Å². The Hall–Kier alpha value is -3.15. The predicted octanol–water partition coefficient (Wildman–Crippen LogP) is 2.32. The predicted molar refractivity (Wildman–Crippen MR) is 91.9 cm³/mol. The van der Waals surface area contributed by atoms with Gasteiger partial charge >= 0.3 is 5.97 Å². The van der Waals surface area contributed by atoms with Crippen molar-refractivity contribution in [2.75, 3.05) is 5.32 Å². The lowest BCUT2D eigenvalue weighted by atomic mass is 10.0. The molecule has 3 N–H and O–H groups in total. The Balaban J connectivity index is 0.00000288. The number of nitrogens with one attached hydrogen (secondary N) is 2. The third-order valence-electron chi connectivity index (χ3n) is 3.26. The van der Waals surface area contributed by atoms with Gasteiger partial charge in [-0.25, -0.2) is 4.79 Å². The van der Waals surface area contributed by atoms with Crippen LogP contribution in [0.15, 0.2) is 54.6 Å². The molecule has 0 radical (unpaired) electrons. The summed E-state index contributed by atoms with van der Waals surface area (Å²) >= 11 is 0. The van der Waals surface area contributed by atoms with E-state index in [0.717, 1.165) is 5.56 Å². The minimum atomic E-state index is -1.11. The molecule has 0 saturated carbocycles. The van der Waals surface area contributed by atoms with Gasteiger partial charge in [0, 0.05) is 17.7 Å². The summed E-state index contributed by atoms with van der Waals surface area (Å²) in [5, 5.41) is 14.3. The summed E-state index contributed by atoms with van der Waals surface area (Å²) < 4.78 is 0. The maximum Gasteiger partial charge on any atom is 0.326 e. The number of hydrogen-bond donors (Lipinski definition) is 3. The lowest BCUT2D eigenvalue weighted by Crippen LogP contribution is -2.42. The maximum absolute atomic E-state index is 12.1. The van der Waals surface area contributed by atoms with Crippen molar-refractivity contribution in [3.63, 3.8) is 0 Å². The van der Waals surface area contributed by atoms with Crippen LogP contribution < -0.4 is 10.6 Å². The fourth-order valence-corrected chi connectivity index (χ4v) is 2.07. The van der Waals surface area contributed by atoms with Crippen molar-refractivity contribution in [1.29, 1.82) is 0 Å². The Labute approximate surface area is 140 Å². The summed E-state index contributed by atoms with van der Waals surface area (Å²) in [6.45, 7) is 0. The van der Waals surface area contributed by atoms with Crippen LogP contribution >= 0.6 is 0 Å². The number of rotatable bonds is 7. The second-order valence-electron chi connectivity index (χ2n) is 4.89. The first-order valence-electron chi connectivity index (χ1n) is 6.98. The van der Waals surface area contributed by atoms with Crippen LogP contribution in [0.25, 0.3) is 0 Å². The van der Waals surface area contributed by atoms with Crippen LogP contribution in [-0.4, -0.2) is 29.4 Å². The van der Waals surface area contributed by atoms with Gasteiger partial charge in [0.1, 0.15) is 6.04 Å². The highest BCUT2D eigenvalue weighted by atomic mass is 16.4. The van der Waals surface area contributed by atoms with Crippen LogP contribution in [0.5, 0.6) is 0 Å². The third-order valence-corrected chi connectivity index (χ3v) is 3.26. The van der Waals surface area contributed by atoms with E-state index in [4.69, 9.17) is 0 Å². The molecule has 126 valence electrons. The molecule has 0 aliphatic carbocycles. The molecule has 1 unspecified atom stereocenters. The fourth-order valence-electron chi connectivity index (χ4n) is 2.07. The van der Waals surface area contributed by atoms with Gasteiger partial charge in [0.15, 0.2) is 0 Å². The summed E-state index contributed by atoms with van der Waals surface area (Å²) in [5.41, 5.74) is 1.76. The zero-order chi connectivity index (χ0) is 16.7. The van der Waals surface area contributed by atoms with Crippen LogP contribution in [0.1, 0.15) is 23.3 Å². The smallest absolute Gasteiger partial charge is 0.326 e. The molecule has 0 aromatic heterocycles. The molecule has 0 aliphatic rings. The average molecular weight is 328 g/mol. The first-order valence-corrected chi connectivity index (χ1v) is 6.98. The van der Waals surface area contributed by atoms with Gasteiger partial charge in [0.2, 0.25) is 6.41 Å². The van der Waals surface area contributed by atoms with E-state index < -0.39 is 17.9 Å². The number of carboxylic acid groups (broad SMARTS) is 1. The van der Waals surface area contributed by atoms with Gasteiger partial charge in [-0.3, -0.25) is 9.59 Å². The Morgan fingerprint density at radius 1 is 1.04 bits per heavy atom. The lowest BCUT2D eigenvalue weighted by molar-refractivity contribution is -0.139. The number of benzene rings is 2. The zero-order valence-electron chi connectivity index (χ0n) is 12.2. The number of aliphatic carboxylic acids is 1. The maximum atomic E-state index is 12.1. The Bertz CT molecular complexity index is 684. The average Bonchev–Trinajstić information content (AvgIpc) is 2.57. The van der Waals surface area contributed by atoms with Gasteiger partial charge in [-0.1, -0.05) is 37.8 Å². The molecular formula is C18H20N2O4. The topological polar surface area (TPSA) is 95.5 Å². The number of carbonyl (C=O) groups excluding carboxylic acids is 2. The summed E-state index contributed by atoms with van der Waals surface area (Å²) in [6.07, 6.45) is 0.713. The van der Waals surface area contributed by atoms with E-state index in [0.29, 0.717) is 17.7 Å². The summed E-state index contributed by atoms with van der Waals surface area (Å²) in [5.74, 6) is -1.54. The number of carbonyl (C=O) groups is 3. The fraction of sp³-hybridized carbons (Fsp3) is 0.167. The van der Waals surface area contributed by atoms with Crippen molar-refractivity contribution >= 4 is 24.0 Å². The minimum Gasteiger partial charge on any atom is -0.480 e. The van der Waals surface area contributed by atoms with Gasteiger partial charge in [0.05, 0.1) is 0 Å². The highest BCUT2D eigenvalue weighted by Gasteiger charge is 2.21. The summed E-state index contributed by atoms with van der Waals surface area (Å²) in [4.78, 5) is 33.8. The normalized spacial score (nSPS) is 10.8. The van der Waals surface area contributed by atoms with E-state index in [2.05, 4.69) is 10.6 Å². The van der Waals surface area contributed by atoms with Gasteiger partial charge < -0.3 is 15.7 Å². The molecule has 2 rings (SSSR count). The van der Waals surface area contributed by atoms with Crippen molar-refractivity contribution < 1.29 is 19.5 Å².